The molecule has 0 aliphatic carbocycles. The van der Waals surface area contributed by atoms with Gasteiger partial charge in [-0.3, -0.25) is 0 Å². The summed E-state index contributed by atoms with van der Waals surface area (Å²) in [5.41, 5.74) is 0. The van der Waals surface area contributed by atoms with Crippen LogP contribution >= 0.6 is 0 Å². The topological polar surface area (TPSA) is 46.5 Å². The van der Waals surface area contributed by atoms with E-state index in [1.807, 2.05) is 0 Å². The van der Waals surface area contributed by atoms with Gasteiger partial charge in [-0.1, -0.05) is 0 Å². The molecule has 1 aliphatic rings. The highest BCUT2D eigenvalue weighted by Crippen LogP contribution is 2.26. The third kappa shape index (κ3) is 1.76. The summed E-state index contributed by atoms with van der Waals surface area (Å²) < 4.78 is 39.4. The normalized spacial score (nSPS) is 25.7. The van der Waals surface area contributed by atoms with E-state index < -0.39 is 24.4 Å². The predicted octanol–water partition coefficient (Wildman–Crippen LogP) is 0.391. The second kappa shape index (κ2) is 2.78. The van der Waals surface area contributed by atoms with E-state index in [1.54, 1.807) is 0 Å². The van der Waals surface area contributed by atoms with E-state index in [0.29, 0.717) is 0 Å². The second-order valence-electron chi connectivity index (χ2n) is 2.25. The zero-order chi connectivity index (χ0) is 9.35. The van der Waals surface area contributed by atoms with E-state index in [1.165, 1.54) is 0 Å². The predicted molar refractivity (Wildman–Crippen MR) is 31.1 cm³/mol. The van der Waals surface area contributed by atoms with Crippen LogP contribution in [0.25, 0.3) is 0 Å². The molecule has 0 amide bonds. The van der Waals surface area contributed by atoms with Gasteiger partial charge in [0.1, 0.15) is 0 Å². The largest absolute Gasteiger partial charge is 0.452 e. The van der Waals surface area contributed by atoms with Crippen molar-refractivity contribution in [2.45, 2.75) is 18.4 Å². The molecule has 2 atom stereocenters. The average molecular weight is 182 g/mol. The molecule has 0 saturated carbocycles. The van der Waals surface area contributed by atoms with Crippen LogP contribution in [0.2, 0.25) is 0 Å². The number of alkyl halides is 3. The lowest BCUT2D eigenvalue weighted by atomic mass is 10.2. The highest BCUT2D eigenvalue weighted by atomic mass is 19.4. The van der Waals surface area contributed by atoms with Crippen molar-refractivity contribution in [3.05, 3.63) is 12.2 Å². The molecule has 1 N–H and O–H groups in total. The number of esters is 1. The Labute approximate surface area is 65.4 Å². The van der Waals surface area contributed by atoms with Crippen molar-refractivity contribution in [2.24, 2.45) is 0 Å². The molecule has 3 nitrogen and oxygen atoms in total. The molecule has 1 rings (SSSR count). The van der Waals surface area contributed by atoms with Gasteiger partial charge in [-0.25, -0.2) is 4.79 Å². The maximum absolute atomic E-state index is 11.8. The maximum atomic E-state index is 11.8. The van der Waals surface area contributed by atoms with Crippen LogP contribution in [0.4, 0.5) is 13.2 Å². The smallest absolute Gasteiger partial charge is 0.418 e. The highest BCUT2D eigenvalue weighted by Gasteiger charge is 2.45. The number of rotatable bonds is 1. The first-order valence-corrected chi connectivity index (χ1v) is 3.05. The number of carbonyl (C=O) groups is 1. The van der Waals surface area contributed by atoms with E-state index in [0.717, 1.165) is 12.2 Å². The molecule has 0 aromatic carbocycles. The lowest BCUT2D eigenvalue weighted by molar-refractivity contribution is -0.225. The standard InChI is InChI=1S/C6H5F3O3/c7-6(8,9)5(11)3-1-2-4(10)12-3/h1-3,5,11H/t3-,5+/m1/s1. The molecule has 68 valence electrons. The second-order valence-corrected chi connectivity index (χ2v) is 2.25. The zero-order valence-electron chi connectivity index (χ0n) is 5.71. The maximum Gasteiger partial charge on any atom is 0.418 e. The summed E-state index contributed by atoms with van der Waals surface area (Å²) in [6, 6.07) is 0. The van der Waals surface area contributed by atoms with Crippen LogP contribution in [0.15, 0.2) is 12.2 Å². The quantitative estimate of drug-likeness (QED) is 0.596. The summed E-state index contributed by atoms with van der Waals surface area (Å²) in [6.45, 7) is 0. The van der Waals surface area contributed by atoms with Crippen molar-refractivity contribution >= 4 is 5.97 Å². The summed E-state index contributed by atoms with van der Waals surface area (Å²) in [6.07, 6.45) is -7.28. The Kier molecular flexibility index (Phi) is 2.10. The molecule has 0 aromatic heterocycles. The van der Waals surface area contributed by atoms with Crippen molar-refractivity contribution in [1.82, 2.24) is 0 Å². The lowest BCUT2D eigenvalue weighted by Crippen LogP contribution is -2.39. The number of aliphatic hydroxyl groups is 1. The number of cyclic esters (lactones) is 1. The van der Waals surface area contributed by atoms with Gasteiger partial charge in [0.05, 0.1) is 0 Å². The van der Waals surface area contributed by atoms with Crippen molar-refractivity contribution in [3.63, 3.8) is 0 Å². The molecule has 0 aromatic rings. The van der Waals surface area contributed by atoms with Crippen LogP contribution < -0.4 is 0 Å². The molecular formula is C6H5F3O3. The van der Waals surface area contributed by atoms with Gasteiger partial charge in [0, 0.05) is 6.08 Å². The molecule has 0 fully saturated rings. The first kappa shape index (κ1) is 9.05. The minimum atomic E-state index is -4.76. The van der Waals surface area contributed by atoms with E-state index in [9.17, 15) is 18.0 Å². The Balaban J connectivity index is 2.61. The molecule has 0 unspecified atom stereocenters. The van der Waals surface area contributed by atoms with E-state index >= 15 is 0 Å². The number of ether oxygens (including phenoxy) is 1. The number of hydrogen-bond donors (Lipinski definition) is 1. The fourth-order valence-electron chi connectivity index (χ4n) is 0.742. The molecular weight excluding hydrogens is 177 g/mol. The Morgan fingerprint density at radius 2 is 2.17 bits per heavy atom. The van der Waals surface area contributed by atoms with Gasteiger partial charge in [-0.05, 0) is 6.08 Å². The van der Waals surface area contributed by atoms with Crippen molar-refractivity contribution in [2.75, 3.05) is 0 Å². The number of carbonyl (C=O) groups excluding carboxylic acids is 1. The summed E-state index contributed by atoms with van der Waals surface area (Å²) in [5, 5.41) is 8.55. The minimum Gasteiger partial charge on any atom is -0.452 e. The van der Waals surface area contributed by atoms with E-state index in [4.69, 9.17) is 5.11 Å². The molecule has 6 heteroatoms. The van der Waals surface area contributed by atoms with Crippen molar-refractivity contribution in [1.29, 1.82) is 0 Å². The van der Waals surface area contributed by atoms with Crippen LogP contribution in [-0.2, 0) is 9.53 Å². The average Bonchev–Trinajstić information content (AvgIpc) is 2.32. The first-order valence-electron chi connectivity index (χ1n) is 3.05. The van der Waals surface area contributed by atoms with E-state index in [2.05, 4.69) is 4.74 Å². The van der Waals surface area contributed by atoms with Crippen molar-refractivity contribution in [3.8, 4) is 0 Å². The Bertz CT molecular complexity index is 221. The van der Waals surface area contributed by atoms with Crippen LogP contribution in [0.1, 0.15) is 0 Å². The summed E-state index contributed by atoms with van der Waals surface area (Å²) in [7, 11) is 0. The van der Waals surface area contributed by atoms with Gasteiger partial charge in [0.25, 0.3) is 0 Å². The molecule has 0 saturated heterocycles. The first-order chi connectivity index (χ1) is 5.41. The molecule has 0 radical (unpaired) electrons. The van der Waals surface area contributed by atoms with Gasteiger partial charge in [-0.2, -0.15) is 13.2 Å². The van der Waals surface area contributed by atoms with Gasteiger partial charge in [0.2, 0.25) is 0 Å². The molecule has 12 heavy (non-hydrogen) atoms. The van der Waals surface area contributed by atoms with Gasteiger partial charge >= 0.3 is 12.1 Å². The SMILES string of the molecule is O=C1C=C[C@H]([C@H](O)C(F)(F)F)O1. The highest BCUT2D eigenvalue weighted by molar-refractivity contribution is 5.84. The third-order valence-electron chi connectivity index (χ3n) is 1.32. The van der Waals surface area contributed by atoms with Gasteiger partial charge < -0.3 is 9.84 Å². The lowest BCUT2D eigenvalue weighted by Gasteiger charge is -2.18. The number of halogens is 3. The Morgan fingerprint density at radius 3 is 2.50 bits per heavy atom. The van der Waals surface area contributed by atoms with Crippen LogP contribution in [-0.4, -0.2) is 29.5 Å². The van der Waals surface area contributed by atoms with Gasteiger partial charge in [0.15, 0.2) is 12.2 Å². The Hall–Kier alpha value is -1.04. The van der Waals surface area contributed by atoms with Crippen LogP contribution in [0, 0.1) is 0 Å². The molecule has 0 bridgehead atoms. The molecule has 1 heterocycles. The minimum absolute atomic E-state index is 0.847. The molecule has 0 spiro atoms. The third-order valence-corrected chi connectivity index (χ3v) is 1.32. The summed E-state index contributed by atoms with van der Waals surface area (Å²) in [4.78, 5) is 10.3. The molecule has 1 aliphatic heterocycles. The van der Waals surface area contributed by atoms with Gasteiger partial charge in [-0.15, -0.1) is 0 Å². The summed E-state index contributed by atoms with van der Waals surface area (Å²) >= 11 is 0. The fourth-order valence-corrected chi connectivity index (χ4v) is 0.742. The van der Waals surface area contributed by atoms with E-state index in [-0.39, 0.29) is 0 Å². The monoisotopic (exact) mass is 182 g/mol. The Morgan fingerprint density at radius 1 is 1.58 bits per heavy atom. The number of hydrogen-bond acceptors (Lipinski definition) is 3. The zero-order valence-corrected chi connectivity index (χ0v) is 5.71. The fraction of sp³-hybridized carbons (Fsp3) is 0.500. The van der Waals surface area contributed by atoms with Crippen molar-refractivity contribution < 1.29 is 27.8 Å². The summed E-state index contributed by atoms with van der Waals surface area (Å²) in [5.74, 6) is -0.872. The number of aliphatic hydroxyl groups excluding tert-OH is 1. The van der Waals surface area contributed by atoms with Crippen LogP contribution in [0.3, 0.4) is 0 Å². The van der Waals surface area contributed by atoms with Crippen LogP contribution in [0.5, 0.6) is 0 Å².